The van der Waals surface area contributed by atoms with Gasteiger partial charge in [0.05, 0.1) is 12.6 Å². The van der Waals surface area contributed by atoms with Crippen molar-refractivity contribution in [2.75, 3.05) is 20.3 Å². The number of hydrogen-bond donors (Lipinski definition) is 1. The topological polar surface area (TPSA) is 58.6 Å². The van der Waals surface area contributed by atoms with E-state index in [1.165, 1.54) is 0 Å². The first-order chi connectivity index (χ1) is 8.91. The molecule has 1 aliphatic heterocycles. The second kappa shape index (κ2) is 6.37. The lowest BCUT2D eigenvalue weighted by atomic mass is 9.87. The fourth-order valence-corrected chi connectivity index (χ4v) is 2.67. The molecule has 1 saturated heterocycles. The summed E-state index contributed by atoms with van der Waals surface area (Å²) in [6.07, 6.45) is 1.23. The smallest absolute Gasteiger partial charge is 0.249 e. The molecular weight excluding hydrogens is 244 g/mol. The number of piperazine rings is 1. The summed E-state index contributed by atoms with van der Waals surface area (Å²) < 4.78 is 5.21. The van der Waals surface area contributed by atoms with Crippen LogP contribution in [0.2, 0.25) is 0 Å². The predicted molar refractivity (Wildman–Crippen MR) is 73.7 cm³/mol. The van der Waals surface area contributed by atoms with E-state index in [1.807, 2.05) is 27.7 Å². The van der Waals surface area contributed by atoms with Gasteiger partial charge in [-0.3, -0.25) is 9.59 Å². The van der Waals surface area contributed by atoms with Gasteiger partial charge in [-0.05, 0) is 18.8 Å². The van der Waals surface area contributed by atoms with E-state index in [1.54, 1.807) is 12.0 Å². The van der Waals surface area contributed by atoms with Crippen LogP contribution in [0.25, 0.3) is 0 Å². The van der Waals surface area contributed by atoms with Gasteiger partial charge in [0.1, 0.15) is 12.1 Å². The number of carbonyl (C=O) groups is 2. The molecule has 1 heterocycles. The highest BCUT2D eigenvalue weighted by molar-refractivity contribution is 5.98. The molecule has 0 radical (unpaired) electrons. The Morgan fingerprint density at radius 1 is 1.32 bits per heavy atom. The summed E-state index contributed by atoms with van der Waals surface area (Å²) in [6.45, 7) is 8.55. The first-order valence-corrected chi connectivity index (χ1v) is 7.02. The molecule has 1 rings (SSSR count). The molecule has 1 N–H and O–H groups in total. The Morgan fingerprint density at radius 2 is 1.89 bits per heavy atom. The van der Waals surface area contributed by atoms with Crippen LogP contribution in [0.1, 0.15) is 40.5 Å². The minimum atomic E-state index is -0.740. The molecule has 1 unspecified atom stereocenters. The van der Waals surface area contributed by atoms with Crippen molar-refractivity contribution in [2.24, 2.45) is 5.92 Å². The first kappa shape index (κ1) is 16.0. The number of nitrogens with zero attached hydrogens (tertiary/aromatic N) is 1. The summed E-state index contributed by atoms with van der Waals surface area (Å²) in [5.41, 5.74) is -0.740. The highest BCUT2D eigenvalue weighted by atomic mass is 16.5. The van der Waals surface area contributed by atoms with Gasteiger partial charge in [-0.15, -0.1) is 0 Å². The van der Waals surface area contributed by atoms with Gasteiger partial charge in [-0.2, -0.15) is 0 Å². The highest BCUT2D eigenvalue weighted by Crippen LogP contribution is 2.25. The van der Waals surface area contributed by atoms with Crippen LogP contribution in [0.5, 0.6) is 0 Å². The van der Waals surface area contributed by atoms with Crippen LogP contribution >= 0.6 is 0 Å². The summed E-state index contributed by atoms with van der Waals surface area (Å²) in [4.78, 5) is 26.4. The Hall–Kier alpha value is -1.10. The van der Waals surface area contributed by atoms with E-state index in [0.717, 1.165) is 0 Å². The SMILES string of the molecule is CCC1(CC)NC(=O)CN(C(COC)C(C)C)C1=O. The van der Waals surface area contributed by atoms with Gasteiger partial charge in [0, 0.05) is 7.11 Å². The third kappa shape index (κ3) is 3.08. The molecule has 1 aliphatic rings. The lowest BCUT2D eigenvalue weighted by Gasteiger charge is -2.45. The van der Waals surface area contributed by atoms with Gasteiger partial charge in [0.2, 0.25) is 11.8 Å². The third-order valence-corrected chi connectivity index (χ3v) is 4.08. The maximum Gasteiger partial charge on any atom is 0.249 e. The highest BCUT2D eigenvalue weighted by Gasteiger charge is 2.46. The lowest BCUT2D eigenvalue weighted by molar-refractivity contribution is -0.155. The lowest BCUT2D eigenvalue weighted by Crippen LogP contribution is -2.68. The summed E-state index contributed by atoms with van der Waals surface area (Å²) >= 11 is 0. The summed E-state index contributed by atoms with van der Waals surface area (Å²) in [6, 6.07) is -0.0546. The molecule has 19 heavy (non-hydrogen) atoms. The van der Waals surface area contributed by atoms with Crippen LogP contribution in [0, 0.1) is 5.92 Å². The average molecular weight is 270 g/mol. The van der Waals surface area contributed by atoms with Gasteiger partial charge in [0.25, 0.3) is 0 Å². The quantitative estimate of drug-likeness (QED) is 0.788. The van der Waals surface area contributed by atoms with Crippen LogP contribution in [-0.4, -0.2) is 48.6 Å². The predicted octanol–water partition coefficient (Wildman–Crippen LogP) is 1.17. The van der Waals surface area contributed by atoms with Gasteiger partial charge >= 0.3 is 0 Å². The van der Waals surface area contributed by atoms with E-state index in [0.29, 0.717) is 19.4 Å². The Labute approximate surface area is 115 Å². The Morgan fingerprint density at radius 3 is 2.32 bits per heavy atom. The first-order valence-electron chi connectivity index (χ1n) is 7.02. The zero-order valence-electron chi connectivity index (χ0n) is 12.7. The Kier molecular flexibility index (Phi) is 5.35. The molecule has 0 saturated carbocycles. The molecule has 2 amide bonds. The van der Waals surface area contributed by atoms with Crippen molar-refractivity contribution in [3.8, 4) is 0 Å². The van der Waals surface area contributed by atoms with Crippen molar-refractivity contribution >= 4 is 11.8 Å². The zero-order chi connectivity index (χ0) is 14.6. The molecule has 5 nitrogen and oxygen atoms in total. The number of hydrogen-bond acceptors (Lipinski definition) is 3. The molecule has 1 atom stereocenters. The number of methoxy groups -OCH3 is 1. The van der Waals surface area contributed by atoms with Gasteiger partial charge in [-0.25, -0.2) is 0 Å². The number of amides is 2. The van der Waals surface area contributed by atoms with Crippen molar-refractivity contribution in [2.45, 2.75) is 52.1 Å². The Balaban J connectivity index is 3.05. The van der Waals surface area contributed by atoms with Gasteiger partial charge < -0.3 is 15.0 Å². The standard InChI is InChI=1S/C14H26N2O3/c1-6-14(7-2)13(18)16(8-12(17)15-14)11(9-19-5)10(3)4/h10-11H,6-9H2,1-5H3,(H,15,17). The van der Waals surface area contributed by atoms with Crippen molar-refractivity contribution in [3.63, 3.8) is 0 Å². The van der Waals surface area contributed by atoms with E-state index in [4.69, 9.17) is 4.74 Å². The summed E-state index contributed by atoms with van der Waals surface area (Å²) in [5.74, 6) is 0.194. The minimum Gasteiger partial charge on any atom is -0.383 e. The third-order valence-electron chi connectivity index (χ3n) is 4.08. The molecule has 0 aromatic carbocycles. The second-order valence-corrected chi connectivity index (χ2v) is 5.54. The second-order valence-electron chi connectivity index (χ2n) is 5.54. The molecule has 0 spiro atoms. The van der Waals surface area contributed by atoms with Crippen LogP contribution in [0.3, 0.4) is 0 Å². The van der Waals surface area contributed by atoms with Crippen molar-refractivity contribution < 1.29 is 14.3 Å². The van der Waals surface area contributed by atoms with Crippen LogP contribution in [0.15, 0.2) is 0 Å². The number of carbonyl (C=O) groups excluding carboxylic acids is 2. The van der Waals surface area contributed by atoms with E-state index < -0.39 is 5.54 Å². The van der Waals surface area contributed by atoms with Gasteiger partial charge in [0.15, 0.2) is 0 Å². The fraction of sp³-hybridized carbons (Fsp3) is 0.857. The molecule has 0 aliphatic carbocycles. The monoisotopic (exact) mass is 270 g/mol. The van der Waals surface area contributed by atoms with Gasteiger partial charge in [-0.1, -0.05) is 27.7 Å². The maximum atomic E-state index is 12.7. The molecule has 0 aromatic heterocycles. The molecule has 5 heteroatoms. The number of nitrogens with one attached hydrogen (secondary N) is 1. The van der Waals surface area contributed by atoms with E-state index in [9.17, 15) is 9.59 Å². The zero-order valence-corrected chi connectivity index (χ0v) is 12.7. The van der Waals surface area contributed by atoms with Crippen molar-refractivity contribution in [3.05, 3.63) is 0 Å². The van der Waals surface area contributed by atoms with Crippen molar-refractivity contribution in [1.82, 2.24) is 10.2 Å². The molecule has 0 aromatic rings. The average Bonchev–Trinajstić information content (AvgIpc) is 2.38. The number of ether oxygens (including phenoxy) is 1. The Bertz CT molecular complexity index is 338. The van der Waals surface area contributed by atoms with Crippen molar-refractivity contribution in [1.29, 1.82) is 0 Å². The summed E-state index contributed by atoms with van der Waals surface area (Å²) in [7, 11) is 1.62. The van der Waals surface area contributed by atoms with E-state index >= 15 is 0 Å². The molecule has 110 valence electrons. The molecular formula is C14H26N2O3. The summed E-state index contributed by atoms with van der Waals surface area (Å²) in [5, 5.41) is 2.87. The molecule has 1 fully saturated rings. The normalized spacial score (nSPS) is 20.6. The van der Waals surface area contributed by atoms with Crippen LogP contribution < -0.4 is 5.32 Å². The van der Waals surface area contributed by atoms with Crippen LogP contribution in [0.4, 0.5) is 0 Å². The minimum absolute atomic E-state index is 0.0212. The largest absolute Gasteiger partial charge is 0.383 e. The number of rotatable bonds is 6. The molecule has 0 bridgehead atoms. The van der Waals surface area contributed by atoms with Crippen LogP contribution in [-0.2, 0) is 14.3 Å². The van der Waals surface area contributed by atoms with E-state index in [2.05, 4.69) is 5.32 Å². The maximum absolute atomic E-state index is 12.7. The fourth-order valence-electron chi connectivity index (χ4n) is 2.67. The van der Waals surface area contributed by atoms with E-state index in [-0.39, 0.29) is 30.3 Å².